The number of alkyl carbamates (subject to hydrolysis) is 1. The Balaban J connectivity index is 1.58. The molecule has 0 bridgehead atoms. The highest BCUT2D eigenvalue weighted by molar-refractivity contribution is 6.27. The maximum absolute atomic E-state index is 12.3. The van der Waals surface area contributed by atoms with Crippen LogP contribution in [0.2, 0.25) is 0 Å². The summed E-state index contributed by atoms with van der Waals surface area (Å²) in [6.07, 6.45) is 5.53. The highest BCUT2D eigenvalue weighted by Gasteiger charge is 2.41. The van der Waals surface area contributed by atoms with Gasteiger partial charge in [-0.1, -0.05) is 43.2 Å². The van der Waals surface area contributed by atoms with Crippen molar-refractivity contribution < 1.29 is 14.3 Å². The van der Waals surface area contributed by atoms with Crippen LogP contribution in [0.1, 0.15) is 44.1 Å². The SMILES string of the molecule is O=C(NC1CCCCC1N(C(=O)CCl)C1CC1)OCc1ccccc1. The van der Waals surface area contributed by atoms with Gasteiger partial charge in [0.1, 0.15) is 12.5 Å². The zero-order chi connectivity index (χ0) is 17.6. The molecule has 0 aromatic heterocycles. The summed E-state index contributed by atoms with van der Waals surface area (Å²) in [7, 11) is 0. The number of alkyl halides is 1. The van der Waals surface area contributed by atoms with Crippen LogP contribution < -0.4 is 5.32 Å². The highest BCUT2D eigenvalue weighted by Crippen LogP contribution is 2.34. The average molecular weight is 365 g/mol. The monoisotopic (exact) mass is 364 g/mol. The average Bonchev–Trinajstić information content (AvgIpc) is 3.47. The lowest BCUT2D eigenvalue weighted by Gasteiger charge is -2.40. The molecule has 1 aromatic carbocycles. The van der Waals surface area contributed by atoms with E-state index in [1.54, 1.807) is 0 Å². The lowest BCUT2D eigenvalue weighted by Crippen LogP contribution is -2.56. The van der Waals surface area contributed by atoms with E-state index in [9.17, 15) is 9.59 Å². The van der Waals surface area contributed by atoms with E-state index in [0.717, 1.165) is 44.1 Å². The van der Waals surface area contributed by atoms with E-state index in [1.807, 2.05) is 35.2 Å². The number of hydrogen-bond donors (Lipinski definition) is 1. The van der Waals surface area contributed by atoms with Gasteiger partial charge in [0.15, 0.2) is 0 Å². The highest BCUT2D eigenvalue weighted by atomic mass is 35.5. The molecule has 0 heterocycles. The van der Waals surface area contributed by atoms with Crippen molar-refractivity contribution in [2.75, 3.05) is 5.88 Å². The summed E-state index contributed by atoms with van der Waals surface area (Å²) in [6, 6.07) is 9.85. The van der Waals surface area contributed by atoms with Gasteiger partial charge in [-0.25, -0.2) is 4.79 Å². The van der Waals surface area contributed by atoms with Crippen LogP contribution in [0.3, 0.4) is 0 Å². The summed E-state index contributed by atoms with van der Waals surface area (Å²) < 4.78 is 5.34. The Bertz CT molecular complexity index is 592. The van der Waals surface area contributed by atoms with Gasteiger partial charge in [-0.3, -0.25) is 4.79 Å². The lowest BCUT2D eigenvalue weighted by molar-refractivity contribution is -0.132. The third-order valence-electron chi connectivity index (χ3n) is 4.95. The van der Waals surface area contributed by atoms with E-state index in [0.29, 0.717) is 6.04 Å². The number of nitrogens with zero attached hydrogens (tertiary/aromatic N) is 1. The molecule has 0 radical (unpaired) electrons. The largest absolute Gasteiger partial charge is 0.445 e. The summed E-state index contributed by atoms with van der Waals surface area (Å²) in [4.78, 5) is 26.4. The molecule has 2 saturated carbocycles. The number of rotatable bonds is 6. The Kier molecular flexibility index (Phi) is 6.19. The summed E-state index contributed by atoms with van der Waals surface area (Å²) in [5.74, 6) is -0.0291. The van der Waals surface area contributed by atoms with Crippen LogP contribution in [0.15, 0.2) is 30.3 Å². The molecule has 6 heteroatoms. The Morgan fingerprint density at radius 2 is 1.84 bits per heavy atom. The summed E-state index contributed by atoms with van der Waals surface area (Å²) >= 11 is 5.81. The summed E-state index contributed by atoms with van der Waals surface area (Å²) in [5.41, 5.74) is 0.953. The number of ether oxygens (including phenoxy) is 1. The zero-order valence-electron chi connectivity index (χ0n) is 14.3. The quantitative estimate of drug-likeness (QED) is 0.786. The molecule has 2 unspecified atom stereocenters. The van der Waals surface area contributed by atoms with Gasteiger partial charge in [0.25, 0.3) is 0 Å². The van der Waals surface area contributed by atoms with Gasteiger partial charge in [-0.15, -0.1) is 11.6 Å². The fraction of sp³-hybridized carbons (Fsp3) is 0.579. The molecule has 2 fully saturated rings. The molecule has 2 amide bonds. The van der Waals surface area contributed by atoms with E-state index in [2.05, 4.69) is 5.32 Å². The second kappa shape index (κ2) is 8.56. The van der Waals surface area contributed by atoms with Crippen LogP contribution in [-0.2, 0) is 16.1 Å². The molecular weight excluding hydrogens is 340 g/mol. The minimum absolute atomic E-state index is 0.00181. The first kappa shape index (κ1) is 18.1. The first-order valence-corrected chi connectivity index (χ1v) is 9.57. The number of nitrogens with one attached hydrogen (secondary N) is 1. The Morgan fingerprint density at radius 3 is 2.52 bits per heavy atom. The van der Waals surface area contributed by atoms with Gasteiger partial charge in [0.2, 0.25) is 5.91 Å². The van der Waals surface area contributed by atoms with Crippen molar-refractivity contribution in [2.24, 2.45) is 0 Å². The van der Waals surface area contributed by atoms with E-state index in [1.165, 1.54) is 0 Å². The number of amides is 2. The minimum atomic E-state index is -0.421. The first-order chi connectivity index (χ1) is 12.2. The van der Waals surface area contributed by atoms with Crippen LogP contribution >= 0.6 is 11.6 Å². The fourth-order valence-electron chi connectivity index (χ4n) is 3.61. The van der Waals surface area contributed by atoms with Crippen LogP contribution in [0, 0.1) is 0 Å². The third kappa shape index (κ3) is 4.88. The predicted octanol–water partition coefficient (Wildman–Crippen LogP) is 3.45. The Labute approximate surface area is 153 Å². The third-order valence-corrected chi connectivity index (χ3v) is 5.17. The predicted molar refractivity (Wildman–Crippen MR) is 96.4 cm³/mol. The molecule has 1 aromatic rings. The van der Waals surface area contributed by atoms with E-state index in [-0.39, 0.29) is 30.5 Å². The molecule has 0 spiro atoms. The zero-order valence-corrected chi connectivity index (χ0v) is 15.1. The van der Waals surface area contributed by atoms with E-state index >= 15 is 0 Å². The maximum atomic E-state index is 12.3. The van der Waals surface area contributed by atoms with Crippen LogP contribution in [0.4, 0.5) is 4.79 Å². The smallest absolute Gasteiger partial charge is 0.407 e. The van der Waals surface area contributed by atoms with Crippen molar-refractivity contribution in [2.45, 2.75) is 63.3 Å². The number of benzene rings is 1. The molecule has 2 aliphatic carbocycles. The second-order valence-corrected chi connectivity index (χ2v) is 7.10. The standard InChI is InChI=1S/C19H25ClN2O3/c20-12-18(23)22(15-10-11-15)17-9-5-4-8-16(17)21-19(24)25-13-14-6-2-1-3-7-14/h1-3,6-7,15-17H,4-5,8-13H2,(H,21,24). The maximum Gasteiger partial charge on any atom is 0.407 e. The first-order valence-electron chi connectivity index (χ1n) is 9.03. The van der Waals surface area contributed by atoms with Gasteiger partial charge in [-0.2, -0.15) is 0 Å². The van der Waals surface area contributed by atoms with Crippen molar-refractivity contribution in [3.8, 4) is 0 Å². The molecule has 3 rings (SSSR count). The van der Waals surface area contributed by atoms with Crippen molar-refractivity contribution in [3.05, 3.63) is 35.9 Å². The minimum Gasteiger partial charge on any atom is -0.445 e. The molecule has 0 saturated heterocycles. The van der Waals surface area contributed by atoms with Gasteiger partial charge in [-0.05, 0) is 31.2 Å². The van der Waals surface area contributed by atoms with Gasteiger partial charge in [0.05, 0.1) is 12.1 Å². The van der Waals surface area contributed by atoms with E-state index in [4.69, 9.17) is 16.3 Å². The molecule has 5 nitrogen and oxygen atoms in total. The Hall–Kier alpha value is -1.75. The number of halogens is 1. The number of carbonyl (C=O) groups excluding carboxylic acids is 2. The summed E-state index contributed by atoms with van der Waals surface area (Å²) in [5, 5.41) is 2.98. The summed E-state index contributed by atoms with van der Waals surface area (Å²) in [6.45, 7) is 0.247. The Morgan fingerprint density at radius 1 is 1.12 bits per heavy atom. The van der Waals surface area contributed by atoms with Crippen molar-refractivity contribution in [3.63, 3.8) is 0 Å². The van der Waals surface area contributed by atoms with Gasteiger partial charge in [0, 0.05) is 6.04 Å². The van der Waals surface area contributed by atoms with Crippen molar-refractivity contribution in [1.29, 1.82) is 0 Å². The van der Waals surface area contributed by atoms with Gasteiger partial charge < -0.3 is 15.0 Å². The molecule has 136 valence electrons. The van der Waals surface area contributed by atoms with Crippen LogP contribution in [0.25, 0.3) is 0 Å². The fourth-order valence-corrected chi connectivity index (χ4v) is 3.75. The van der Waals surface area contributed by atoms with Crippen molar-refractivity contribution >= 4 is 23.6 Å². The molecule has 2 atom stereocenters. The lowest BCUT2D eigenvalue weighted by atomic mass is 9.89. The van der Waals surface area contributed by atoms with E-state index < -0.39 is 6.09 Å². The molecular formula is C19H25ClN2O3. The van der Waals surface area contributed by atoms with Crippen molar-refractivity contribution in [1.82, 2.24) is 10.2 Å². The molecule has 2 aliphatic rings. The molecule has 0 aliphatic heterocycles. The van der Waals surface area contributed by atoms with Gasteiger partial charge >= 0.3 is 6.09 Å². The molecule has 1 N–H and O–H groups in total. The van der Waals surface area contributed by atoms with Crippen LogP contribution in [0.5, 0.6) is 0 Å². The molecule has 25 heavy (non-hydrogen) atoms. The normalized spacial score (nSPS) is 22.9. The second-order valence-electron chi connectivity index (χ2n) is 6.83. The topological polar surface area (TPSA) is 58.6 Å². The number of carbonyl (C=O) groups is 2. The number of hydrogen-bond acceptors (Lipinski definition) is 3. The van der Waals surface area contributed by atoms with Crippen LogP contribution in [-0.4, -0.2) is 40.9 Å².